The topological polar surface area (TPSA) is 88.4 Å². The maximum absolute atomic E-state index is 13.7. The van der Waals surface area contributed by atoms with E-state index in [-0.39, 0.29) is 18.1 Å². The molecule has 10 heteroatoms. The first-order chi connectivity index (χ1) is 20.4. The van der Waals surface area contributed by atoms with Gasteiger partial charge in [0.15, 0.2) is 0 Å². The van der Waals surface area contributed by atoms with Crippen LogP contribution < -0.4 is 10.1 Å². The molecule has 7 rings (SSSR count). The molecule has 9 nitrogen and oxygen atoms in total. The maximum Gasteiger partial charge on any atom is 0.227 e. The van der Waals surface area contributed by atoms with Crippen LogP contribution in [0.4, 0.5) is 15.9 Å². The van der Waals surface area contributed by atoms with Gasteiger partial charge in [-0.2, -0.15) is 5.10 Å². The van der Waals surface area contributed by atoms with Crippen LogP contribution in [0.2, 0.25) is 0 Å². The molecule has 0 unspecified atom stereocenters. The number of hydrogen-bond donors (Lipinski definition) is 1. The number of nitrogens with zero attached hydrogens (tertiary/aromatic N) is 6. The molecule has 2 fully saturated rings. The number of fused-ring (bicyclic) bond motifs is 3. The SMILES string of the molecule is COc1cc2ncnc(Nc3ccc4c(cnn4Cc4cccc(F)c4)c3)c2cc1CC(=O)N1C[C@@H]2CCN(C)[C@@H]2C1. The molecule has 0 spiro atoms. The number of likely N-dealkylation sites (tertiary alicyclic amines) is 2. The molecule has 2 atom stereocenters. The molecule has 42 heavy (non-hydrogen) atoms. The van der Waals surface area contributed by atoms with E-state index in [1.807, 2.05) is 46.0 Å². The number of carbonyl (C=O) groups is 1. The third-order valence-electron chi connectivity index (χ3n) is 8.68. The lowest BCUT2D eigenvalue weighted by Crippen LogP contribution is -2.35. The number of rotatable bonds is 7. The van der Waals surface area contributed by atoms with Gasteiger partial charge in [0, 0.05) is 47.2 Å². The van der Waals surface area contributed by atoms with Crippen molar-refractivity contribution < 1.29 is 13.9 Å². The van der Waals surface area contributed by atoms with E-state index in [9.17, 15) is 9.18 Å². The Labute approximate surface area is 242 Å². The standard InChI is InChI=1S/C32H32FN7O2/c1-38-9-8-21-17-39(18-29(21)38)31(41)13-22-12-26-27(14-30(22)42-2)34-19-35-32(26)37-25-6-7-28-23(11-25)15-36-40(28)16-20-4-3-5-24(33)10-20/h3-7,10-12,14-15,19,21,29H,8-9,13,16-18H2,1-2H3,(H,34,35,37)/t21-,29+/m0/s1. The van der Waals surface area contributed by atoms with Gasteiger partial charge in [0.25, 0.3) is 0 Å². The first kappa shape index (κ1) is 26.3. The minimum absolute atomic E-state index is 0.113. The van der Waals surface area contributed by atoms with Crippen molar-refractivity contribution in [2.75, 3.05) is 39.1 Å². The van der Waals surface area contributed by atoms with Gasteiger partial charge in [0.05, 0.1) is 37.3 Å². The second-order valence-corrected chi connectivity index (χ2v) is 11.3. The highest BCUT2D eigenvalue weighted by Gasteiger charge is 2.41. The summed E-state index contributed by atoms with van der Waals surface area (Å²) in [5.41, 5.74) is 4.17. The van der Waals surface area contributed by atoms with Crippen molar-refractivity contribution in [3.8, 4) is 5.75 Å². The van der Waals surface area contributed by atoms with Crippen molar-refractivity contribution in [2.45, 2.75) is 25.4 Å². The average molecular weight is 566 g/mol. The highest BCUT2D eigenvalue weighted by atomic mass is 19.1. The Kier molecular flexibility index (Phi) is 6.70. The number of benzene rings is 3. The molecule has 2 aliphatic rings. The quantitative estimate of drug-likeness (QED) is 0.308. The zero-order valence-corrected chi connectivity index (χ0v) is 23.6. The summed E-state index contributed by atoms with van der Waals surface area (Å²) in [6.07, 6.45) is 4.73. The van der Waals surface area contributed by atoms with Gasteiger partial charge in [-0.15, -0.1) is 0 Å². The highest BCUT2D eigenvalue weighted by Crippen LogP contribution is 2.33. The van der Waals surface area contributed by atoms with Crippen LogP contribution >= 0.6 is 0 Å². The fourth-order valence-electron chi connectivity index (χ4n) is 6.44. The van der Waals surface area contributed by atoms with Crippen LogP contribution in [0.1, 0.15) is 17.5 Å². The molecule has 3 aromatic carbocycles. The molecular weight excluding hydrogens is 533 g/mol. The maximum atomic E-state index is 13.7. The summed E-state index contributed by atoms with van der Waals surface area (Å²) < 4.78 is 21.2. The predicted molar refractivity (Wildman–Crippen MR) is 159 cm³/mol. The van der Waals surface area contributed by atoms with Crippen LogP contribution in [-0.2, 0) is 17.8 Å². The lowest BCUT2D eigenvalue weighted by atomic mass is 10.1. The van der Waals surface area contributed by atoms with Gasteiger partial charge in [0.1, 0.15) is 23.7 Å². The summed E-state index contributed by atoms with van der Waals surface area (Å²) in [6.45, 7) is 3.19. The van der Waals surface area contributed by atoms with Crippen molar-refractivity contribution in [2.24, 2.45) is 5.92 Å². The van der Waals surface area contributed by atoms with Crippen LogP contribution in [0.5, 0.6) is 5.75 Å². The number of hydrogen-bond acceptors (Lipinski definition) is 7. The second-order valence-electron chi connectivity index (χ2n) is 11.3. The number of ether oxygens (including phenoxy) is 1. The molecule has 214 valence electrons. The molecule has 2 aliphatic heterocycles. The summed E-state index contributed by atoms with van der Waals surface area (Å²) in [4.78, 5) is 26.7. The monoisotopic (exact) mass is 565 g/mol. The van der Waals surface area contributed by atoms with Crippen LogP contribution in [0.25, 0.3) is 21.8 Å². The molecule has 0 aliphatic carbocycles. The van der Waals surface area contributed by atoms with Crippen LogP contribution in [0, 0.1) is 11.7 Å². The molecule has 4 heterocycles. The molecule has 2 aromatic heterocycles. The van der Waals surface area contributed by atoms with E-state index >= 15 is 0 Å². The third kappa shape index (κ3) is 4.92. The minimum Gasteiger partial charge on any atom is -0.496 e. The lowest BCUT2D eigenvalue weighted by Gasteiger charge is -2.21. The molecule has 0 saturated carbocycles. The number of methoxy groups -OCH3 is 1. The molecule has 1 amide bonds. The normalized spacial score (nSPS) is 18.6. The van der Waals surface area contributed by atoms with E-state index in [1.165, 1.54) is 18.5 Å². The van der Waals surface area contributed by atoms with Crippen LogP contribution in [0.3, 0.4) is 0 Å². The Hall–Kier alpha value is -4.57. The second kappa shape index (κ2) is 10.7. The predicted octanol–water partition coefficient (Wildman–Crippen LogP) is 4.62. The van der Waals surface area contributed by atoms with Gasteiger partial charge in [-0.1, -0.05) is 12.1 Å². The van der Waals surface area contributed by atoms with E-state index in [0.717, 1.165) is 64.7 Å². The van der Waals surface area contributed by atoms with Crippen molar-refractivity contribution in [3.63, 3.8) is 0 Å². The summed E-state index contributed by atoms with van der Waals surface area (Å²) in [5, 5.41) is 9.71. The fraction of sp³-hybridized carbons (Fsp3) is 0.312. The zero-order valence-electron chi connectivity index (χ0n) is 23.6. The van der Waals surface area contributed by atoms with Gasteiger partial charge in [-0.3, -0.25) is 9.48 Å². The molecule has 2 saturated heterocycles. The average Bonchev–Trinajstić information content (AvgIpc) is 3.69. The van der Waals surface area contributed by atoms with Crippen LogP contribution in [0.15, 0.2) is 67.1 Å². The van der Waals surface area contributed by atoms with Crippen LogP contribution in [-0.4, -0.2) is 75.3 Å². The highest BCUT2D eigenvalue weighted by molar-refractivity contribution is 5.94. The van der Waals surface area contributed by atoms with Gasteiger partial charge in [-0.25, -0.2) is 14.4 Å². The van der Waals surface area contributed by atoms with Crippen molar-refractivity contribution in [3.05, 3.63) is 84.1 Å². The van der Waals surface area contributed by atoms with E-state index in [4.69, 9.17) is 4.74 Å². The summed E-state index contributed by atoms with van der Waals surface area (Å²) in [6, 6.07) is 16.8. The molecule has 0 bridgehead atoms. The first-order valence-corrected chi connectivity index (χ1v) is 14.2. The Morgan fingerprint density at radius 3 is 2.86 bits per heavy atom. The van der Waals surface area contributed by atoms with Crippen molar-refractivity contribution in [1.82, 2.24) is 29.5 Å². The Morgan fingerprint density at radius 2 is 2.02 bits per heavy atom. The number of halogens is 1. The van der Waals surface area contributed by atoms with Crippen molar-refractivity contribution in [1.29, 1.82) is 0 Å². The van der Waals surface area contributed by atoms with Gasteiger partial charge < -0.3 is 19.9 Å². The minimum atomic E-state index is -0.260. The molecular formula is C32H32FN7O2. The number of likely N-dealkylation sites (N-methyl/N-ethyl adjacent to an activating group) is 1. The first-order valence-electron chi connectivity index (χ1n) is 14.2. The van der Waals surface area contributed by atoms with E-state index in [0.29, 0.717) is 30.1 Å². The number of carbonyl (C=O) groups excluding carboxylic acids is 1. The van der Waals surface area contributed by atoms with E-state index in [1.54, 1.807) is 19.4 Å². The number of nitrogens with one attached hydrogen (secondary N) is 1. The van der Waals surface area contributed by atoms with E-state index in [2.05, 4.69) is 32.3 Å². The fourth-order valence-corrected chi connectivity index (χ4v) is 6.44. The number of amides is 1. The zero-order chi connectivity index (χ0) is 28.8. The van der Waals surface area contributed by atoms with Gasteiger partial charge in [0.2, 0.25) is 5.91 Å². The lowest BCUT2D eigenvalue weighted by molar-refractivity contribution is -0.129. The molecule has 0 radical (unpaired) electrons. The number of aromatic nitrogens is 4. The van der Waals surface area contributed by atoms with Gasteiger partial charge in [-0.05, 0) is 67.9 Å². The molecule has 5 aromatic rings. The Bertz CT molecular complexity index is 1810. The Morgan fingerprint density at radius 1 is 1.12 bits per heavy atom. The van der Waals surface area contributed by atoms with Gasteiger partial charge >= 0.3 is 0 Å². The third-order valence-corrected chi connectivity index (χ3v) is 8.68. The van der Waals surface area contributed by atoms with Crippen molar-refractivity contribution >= 4 is 39.2 Å². The smallest absolute Gasteiger partial charge is 0.227 e. The number of anilines is 2. The van der Waals surface area contributed by atoms with E-state index < -0.39 is 0 Å². The summed E-state index contributed by atoms with van der Waals surface area (Å²) >= 11 is 0. The molecule has 1 N–H and O–H groups in total. The Balaban J connectivity index is 1.14. The summed E-state index contributed by atoms with van der Waals surface area (Å²) in [5.74, 6) is 1.70. The summed E-state index contributed by atoms with van der Waals surface area (Å²) in [7, 11) is 3.77. The largest absolute Gasteiger partial charge is 0.496 e.